The van der Waals surface area contributed by atoms with Gasteiger partial charge in [-0.3, -0.25) is 4.79 Å². The summed E-state index contributed by atoms with van der Waals surface area (Å²) in [6.07, 6.45) is 6.18. The van der Waals surface area contributed by atoms with Crippen molar-refractivity contribution in [1.29, 1.82) is 0 Å². The van der Waals surface area contributed by atoms with Crippen molar-refractivity contribution in [2.75, 3.05) is 14.2 Å². The number of esters is 1. The van der Waals surface area contributed by atoms with Gasteiger partial charge in [-0.2, -0.15) is 0 Å². The van der Waals surface area contributed by atoms with Gasteiger partial charge in [0.15, 0.2) is 5.70 Å². The van der Waals surface area contributed by atoms with Crippen LogP contribution in [0.15, 0.2) is 39.6 Å². The van der Waals surface area contributed by atoms with Gasteiger partial charge in [0.2, 0.25) is 11.8 Å². The molecule has 2 aliphatic rings. The predicted molar refractivity (Wildman–Crippen MR) is 176 cm³/mol. The molecule has 2 aromatic rings. The molecule has 10 nitrogen and oxygen atoms in total. The second-order valence-electron chi connectivity index (χ2n) is 11.6. The van der Waals surface area contributed by atoms with Crippen LogP contribution in [0.5, 0.6) is 0 Å². The predicted octanol–water partition coefficient (Wildman–Crippen LogP) is 3.15. The van der Waals surface area contributed by atoms with Gasteiger partial charge in [-0.1, -0.05) is 80.5 Å². The zero-order valence-corrected chi connectivity index (χ0v) is 31.8. The van der Waals surface area contributed by atoms with Crippen LogP contribution in [-0.4, -0.2) is 54.8 Å². The average molecular weight is 650 g/mol. The number of aliphatic imine (C=N–C) groups is 1. The number of nitrogens with one attached hydrogen (secondary N) is 1. The van der Waals surface area contributed by atoms with Crippen molar-refractivity contribution >= 4 is 24.4 Å². The number of amides is 1. The largest absolute Gasteiger partial charge is 1.00 e. The summed E-state index contributed by atoms with van der Waals surface area (Å²) < 4.78 is 16.2. The number of rotatable bonds is 6. The summed E-state index contributed by atoms with van der Waals surface area (Å²) in [6.45, 7) is 17.6. The second kappa shape index (κ2) is 21.2. The van der Waals surface area contributed by atoms with Gasteiger partial charge < -0.3 is 29.1 Å². The van der Waals surface area contributed by atoms with Gasteiger partial charge in [0.25, 0.3) is 0 Å². The van der Waals surface area contributed by atoms with Gasteiger partial charge in [0, 0.05) is 12.3 Å². The van der Waals surface area contributed by atoms with Crippen molar-refractivity contribution in [1.82, 2.24) is 10.3 Å². The zero-order chi connectivity index (χ0) is 34.3. The number of methoxy groups -OCH3 is 2. The summed E-state index contributed by atoms with van der Waals surface area (Å²) in [4.78, 5) is 43.5. The fraction of sp³-hybridized carbons (Fsp3) is 0.571. The van der Waals surface area contributed by atoms with Crippen LogP contribution in [0.2, 0.25) is 0 Å². The van der Waals surface area contributed by atoms with E-state index in [1.807, 2.05) is 48.5 Å². The molecule has 250 valence electrons. The van der Waals surface area contributed by atoms with E-state index in [1.54, 1.807) is 13.8 Å². The first-order valence-corrected chi connectivity index (χ1v) is 15.7. The number of hydrogen-bond acceptors (Lipinski definition) is 9. The number of carbonyl (C=O) groups is 2. The molecular formula is C35H52N3NaO7. The van der Waals surface area contributed by atoms with Gasteiger partial charge in [0.1, 0.15) is 23.8 Å². The summed E-state index contributed by atoms with van der Waals surface area (Å²) in [7, 11) is 2.72. The monoisotopic (exact) mass is 649 g/mol. The molecule has 46 heavy (non-hydrogen) atoms. The molecule has 3 atom stereocenters. The Hall–Kier alpha value is -2.79. The Kier molecular flexibility index (Phi) is 19.9. The summed E-state index contributed by atoms with van der Waals surface area (Å²) in [6, 6.07) is 6.01. The van der Waals surface area contributed by atoms with Crippen molar-refractivity contribution in [3.63, 3.8) is 0 Å². The number of benzene rings is 1. The van der Waals surface area contributed by atoms with E-state index in [0.29, 0.717) is 30.2 Å². The third-order valence-corrected chi connectivity index (χ3v) is 7.06. The molecule has 1 aliphatic heterocycles. The maximum absolute atomic E-state index is 12.8. The van der Waals surface area contributed by atoms with Crippen molar-refractivity contribution in [2.45, 2.75) is 106 Å². The molecule has 4 bridgehead atoms. The topological polar surface area (TPSA) is 140 Å². The third-order valence-electron chi connectivity index (χ3n) is 7.06. The fourth-order valence-electron chi connectivity index (χ4n) is 4.66. The van der Waals surface area contributed by atoms with E-state index in [9.17, 15) is 14.4 Å². The van der Waals surface area contributed by atoms with Gasteiger partial charge in [-0.25, -0.2) is 21.1 Å². The van der Waals surface area contributed by atoms with Crippen LogP contribution < -0.4 is 34.9 Å². The molecule has 1 aliphatic carbocycles. The van der Waals surface area contributed by atoms with Gasteiger partial charge in [0.05, 0.1) is 20.4 Å². The Morgan fingerprint density at radius 3 is 2.33 bits per heavy atom. The average Bonchev–Trinajstić information content (AvgIpc) is 3.64. The zero-order valence-electron chi connectivity index (χ0n) is 29.8. The normalized spacial score (nSPS) is 17.6. The number of carbonyl (C=O) groups excluding carboxylic acids is 3. The summed E-state index contributed by atoms with van der Waals surface area (Å²) in [5.74, 6) is 0.450. The molecular weight excluding hydrogens is 597 g/mol. The molecule has 0 fully saturated rings. The second-order valence-corrected chi connectivity index (χ2v) is 11.6. The number of ether oxygens (including phenoxy) is 2. The summed E-state index contributed by atoms with van der Waals surface area (Å²) >= 11 is 0. The van der Waals surface area contributed by atoms with Crippen LogP contribution in [0.4, 0.5) is 0 Å². The molecule has 1 amide bonds. The van der Waals surface area contributed by atoms with E-state index in [-0.39, 0.29) is 58.4 Å². The quantitative estimate of drug-likeness (QED) is 0.122. The molecule has 0 spiro atoms. The molecule has 3 unspecified atom stereocenters. The minimum absolute atomic E-state index is 0. The molecule has 0 saturated heterocycles. The minimum Gasteiger partial charge on any atom is -0.539 e. The smallest absolute Gasteiger partial charge is 0.539 e. The van der Waals surface area contributed by atoms with Gasteiger partial charge in [-0.05, 0) is 53.4 Å². The molecule has 0 saturated carbocycles. The van der Waals surface area contributed by atoms with E-state index in [0.717, 1.165) is 18.4 Å². The van der Waals surface area contributed by atoms with E-state index >= 15 is 0 Å². The molecule has 2 heterocycles. The number of nitrogens with zero attached hydrogens (tertiary/aromatic N) is 2. The summed E-state index contributed by atoms with van der Waals surface area (Å²) in [5.41, 5.74) is 3.79. The Balaban J connectivity index is 0.00000148. The first-order valence-electron chi connectivity index (χ1n) is 15.7. The van der Waals surface area contributed by atoms with Crippen molar-refractivity contribution in [2.24, 2.45) is 16.3 Å². The number of hydrogen-bond donors (Lipinski definition) is 2. The summed E-state index contributed by atoms with van der Waals surface area (Å²) in [5, 5.41) is 11.6. The van der Waals surface area contributed by atoms with Crippen molar-refractivity contribution < 1.29 is 62.9 Å². The Labute approximate surface area is 297 Å². The van der Waals surface area contributed by atoms with Crippen LogP contribution >= 0.6 is 0 Å². The van der Waals surface area contributed by atoms with Crippen molar-refractivity contribution in [3.8, 4) is 0 Å². The van der Waals surface area contributed by atoms with Gasteiger partial charge >= 0.3 is 35.5 Å². The number of aromatic nitrogens is 1. The number of aliphatic hydroxyl groups excluding tert-OH is 1. The number of aryl methyl sites for hydroxylation is 2. The SMILES string of the molecule is CC.CC.CC(C)C(O)[C-]=O.CO/C=C(\N=Cc1nc2oc1C1CCc3ccc(cc31)CCC(=O)NC2C(C)(C)C)C(=O)OC.[Na+]. The fourth-order valence-corrected chi connectivity index (χ4v) is 4.66. The number of fused-ring (bicyclic) bond motifs is 4. The minimum atomic E-state index is -0.903. The molecule has 2 N–H and O–H groups in total. The maximum atomic E-state index is 12.8. The van der Waals surface area contributed by atoms with Crippen molar-refractivity contribution in [3.05, 3.63) is 64.2 Å². The van der Waals surface area contributed by atoms with Crippen LogP contribution in [0.25, 0.3) is 0 Å². The Morgan fingerprint density at radius 1 is 1.15 bits per heavy atom. The molecule has 1 aromatic carbocycles. The number of aliphatic hydroxyl groups is 1. The van der Waals surface area contributed by atoms with Crippen LogP contribution in [-0.2, 0) is 36.7 Å². The van der Waals surface area contributed by atoms with E-state index in [4.69, 9.17) is 24.0 Å². The molecule has 1 aromatic heterocycles. The first-order chi connectivity index (χ1) is 21.4. The third kappa shape index (κ3) is 12.1. The van der Waals surface area contributed by atoms with E-state index in [1.165, 1.54) is 44.1 Å². The molecule has 4 rings (SSSR count). The first kappa shape index (κ1) is 43.2. The molecule has 0 radical (unpaired) electrons. The van der Waals surface area contributed by atoms with Gasteiger partial charge in [-0.15, -0.1) is 0 Å². The van der Waals surface area contributed by atoms with E-state index in [2.05, 4.69) is 28.5 Å². The Morgan fingerprint density at radius 2 is 1.80 bits per heavy atom. The van der Waals surface area contributed by atoms with Crippen LogP contribution in [0.1, 0.15) is 121 Å². The number of oxazole rings is 1. The maximum Gasteiger partial charge on any atom is 1.00 e. The van der Waals surface area contributed by atoms with Crippen LogP contribution in [0.3, 0.4) is 0 Å². The molecule has 11 heteroatoms. The van der Waals surface area contributed by atoms with E-state index < -0.39 is 18.1 Å². The Bertz CT molecular complexity index is 1310. The standard InChI is InChI=1S/C26H31N3O5.C5H9O2.2C2H6.Na/c1-26(2,3)23-24-28-19(13-27-20(14-32-4)25(31)33-5)22(34-24)17-10-9-16-8-6-15(12-18(16)17)7-11-21(30)29-23;1-4(2)5(7)3-6;2*1-2;/h6,8,12-14,17,23H,7,9-11H2,1-5H3,(H,29,30);4-5,7H,1-2H3;2*1-2H3;/q;-1;;;+1/b20-14-,27-13?;;;;. The van der Waals surface area contributed by atoms with Crippen LogP contribution in [0, 0.1) is 11.3 Å².